The first-order valence-electron chi connectivity index (χ1n) is 13.3. The average Bonchev–Trinajstić information content (AvgIpc) is 3.14. The molecule has 3 heterocycles. The van der Waals surface area contributed by atoms with Crippen LogP contribution in [0.4, 0.5) is 0 Å². The van der Waals surface area contributed by atoms with Gasteiger partial charge >= 0.3 is 0 Å². The van der Waals surface area contributed by atoms with Crippen LogP contribution in [0.15, 0.2) is 10.9 Å². The number of aromatic nitrogens is 1. The molecule has 4 rings (SSSR count). The van der Waals surface area contributed by atoms with Gasteiger partial charge in [0.25, 0.3) is 5.56 Å². The number of carbonyl (C=O) groups excluding carboxylic acids is 2. The Hall–Kier alpha value is -2.75. The lowest BCUT2D eigenvalue weighted by Crippen LogP contribution is -2.59. The van der Waals surface area contributed by atoms with Gasteiger partial charge in [-0.05, 0) is 41.3 Å². The number of H-pyrrole nitrogens is 1. The van der Waals surface area contributed by atoms with Crippen molar-refractivity contribution in [2.24, 2.45) is 22.7 Å². The topological polar surface area (TPSA) is 155 Å². The number of nitriles is 1. The second-order valence-corrected chi connectivity index (χ2v) is 14.9. The van der Waals surface area contributed by atoms with Crippen LogP contribution < -0.4 is 15.6 Å². The van der Waals surface area contributed by atoms with Crippen molar-refractivity contribution in [3.63, 3.8) is 0 Å². The van der Waals surface area contributed by atoms with Gasteiger partial charge in [-0.15, -0.1) is 0 Å². The van der Waals surface area contributed by atoms with Crippen LogP contribution in [0.3, 0.4) is 0 Å². The largest absolute Gasteiger partial charge is 0.338 e. The van der Waals surface area contributed by atoms with Gasteiger partial charge < -0.3 is 20.1 Å². The van der Waals surface area contributed by atoms with Crippen LogP contribution >= 0.6 is 0 Å². The van der Waals surface area contributed by atoms with Crippen LogP contribution in [0.25, 0.3) is 0 Å². The number of sulfonamides is 1. The number of likely N-dealkylation sites (N-methyl/N-ethyl adjacent to an activating group) is 1. The van der Waals surface area contributed by atoms with Gasteiger partial charge in [0.2, 0.25) is 21.8 Å². The van der Waals surface area contributed by atoms with E-state index >= 15 is 0 Å². The van der Waals surface area contributed by atoms with Gasteiger partial charge in [0.15, 0.2) is 0 Å². The first-order valence-corrected chi connectivity index (χ1v) is 15.2. The molecular weight excluding hydrogens is 520 g/mol. The van der Waals surface area contributed by atoms with Crippen molar-refractivity contribution in [3.05, 3.63) is 33.2 Å². The molecule has 1 aromatic heterocycles. The van der Waals surface area contributed by atoms with E-state index in [0.29, 0.717) is 18.7 Å². The van der Waals surface area contributed by atoms with Crippen LogP contribution in [0.2, 0.25) is 0 Å². The maximum absolute atomic E-state index is 13.7. The molecule has 5 atom stereocenters. The SMILES string of the molecule is CN1CCc2[nH]c(=O)c(CC(C#N)NC(=O)[C@@H]3[C@H]4[C@H](CN3C(=O)[C@@H](NS(C)(=O)=O)C(C)(C)C)C4(C)C)cc2C1. The Morgan fingerprint density at radius 1 is 1.31 bits per heavy atom. The van der Waals surface area contributed by atoms with E-state index in [-0.39, 0.29) is 29.2 Å². The number of amides is 2. The van der Waals surface area contributed by atoms with Crippen LogP contribution in [0.5, 0.6) is 0 Å². The highest BCUT2D eigenvalue weighted by atomic mass is 32.2. The number of nitrogens with zero attached hydrogens (tertiary/aromatic N) is 3. The summed E-state index contributed by atoms with van der Waals surface area (Å²) >= 11 is 0. The molecule has 11 nitrogen and oxygen atoms in total. The smallest absolute Gasteiger partial charge is 0.251 e. The molecule has 3 N–H and O–H groups in total. The predicted octanol–water partition coefficient (Wildman–Crippen LogP) is 0.361. The molecule has 2 aliphatic heterocycles. The quantitative estimate of drug-likeness (QED) is 0.435. The monoisotopic (exact) mass is 560 g/mol. The highest BCUT2D eigenvalue weighted by molar-refractivity contribution is 7.88. The predicted molar refractivity (Wildman–Crippen MR) is 146 cm³/mol. The molecule has 1 saturated carbocycles. The third kappa shape index (κ3) is 5.90. The van der Waals surface area contributed by atoms with E-state index in [9.17, 15) is 28.1 Å². The van der Waals surface area contributed by atoms with E-state index in [0.717, 1.165) is 30.5 Å². The summed E-state index contributed by atoms with van der Waals surface area (Å²) in [6, 6.07) is 1.06. The Bertz CT molecular complexity index is 1370. The molecule has 1 saturated heterocycles. The van der Waals surface area contributed by atoms with E-state index < -0.39 is 45.4 Å². The Balaban J connectivity index is 1.56. The number of hydrogen-bond acceptors (Lipinski definition) is 7. The zero-order chi connectivity index (χ0) is 29.1. The zero-order valence-electron chi connectivity index (χ0n) is 23.8. The summed E-state index contributed by atoms with van der Waals surface area (Å²) in [6.45, 7) is 11.3. The third-order valence-electron chi connectivity index (χ3n) is 8.58. The normalized spacial score (nSPS) is 25.7. The molecule has 1 aliphatic carbocycles. The van der Waals surface area contributed by atoms with E-state index in [2.05, 4.69) is 26.0 Å². The maximum Gasteiger partial charge on any atom is 0.251 e. The summed E-state index contributed by atoms with van der Waals surface area (Å²) < 4.78 is 26.6. The summed E-state index contributed by atoms with van der Waals surface area (Å²) in [4.78, 5) is 46.7. The number of likely N-dealkylation sites (tertiary alicyclic amines) is 1. The number of nitrogens with one attached hydrogen (secondary N) is 3. The van der Waals surface area contributed by atoms with Crippen LogP contribution in [0.1, 0.15) is 51.4 Å². The average molecular weight is 561 g/mol. The van der Waals surface area contributed by atoms with Crippen molar-refractivity contribution in [1.82, 2.24) is 24.8 Å². The van der Waals surface area contributed by atoms with E-state index in [1.54, 1.807) is 20.8 Å². The van der Waals surface area contributed by atoms with Crippen molar-refractivity contribution in [2.45, 2.75) is 72.1 Å². The molecule has 0 aromatic carbocycles. The number of pyridine rings is 1. The first kappa shape index (κ1) is 29.2. The molecule has 2 fully saturated rings. The van der Waals surface area contributed by atoms with Gasteiger partial charge in [0.05, 0.1) is 12.3 Å². The van der Waals surface area contributed by atoms with E-state index in [1.807, 2.05) is 27.0 Å². The Kier molecular flexibility index (Phi) is 7.51. The van der Waals surface area contributed by atoms with Crippen molar-refractivity contribution in [2.75, 3.05) is 26.4 Å². The molecule has 12 heteroatoms. The summed E-state index contributed by atoms with van der Waals surface area (Å²) in [6.07, 6.45) is 1.78. The van der Waals surface area contributed by atoms with Gasteiger partial charge in [0.1, 0.15) is 18.1 Å². The fourth-order valence-corrected chi connectivity index (χ4v) is 7.13. The molecule has 2 amide bonds. The second-order valence-electron chi connectivity index (χ2n) is 13.1. The molecule has 0 spiro atoms. The van der Waals surface area contributed by atoms with Gasteiger partial charge in [-0.1, -0.05) is 34.6 Å². The minimum atomic E-state index is -3.69. The van der Waals surface area contributed by atoms with Crippen molar-refractivity contribution >= 4 is 21.8 Å². The number of fused-ring (bicyclic) bond motifs is 2. The Morgan fingerprint density at radius 3 is 2.56 bits per heavy atom. The summed E-state index contributed by atoms with van der Waals surface area (Å²) in [5.74, 6) is -0.937. The molecule has 1 unspecified atom stereocenters. The number of rotatable bonds is 7. The summed E-state index contributed by atoms with van der Waals surface area (Å²) in [5.41, 5.74) is 1.16. The fourth-order valence-electron chi connectivity index (χ4n) is 6.25. The number of piperidine rings is 1. The van der Waals surface area contributed by atoms with Crippen LogP contribution in [-0.2, 0) is 39.0 Å². The Morgan fingerprint density at radius 2 is 1.97 bits per heavy atom. The fraction of sp³-hybridized carbons (Fsp3) is 0.704. The maximum atomic E-state index is 13.7. The minimum Gasteiger partial charge on any atom is -0.338 e. The van der Waals surface area contributed by atoms with Crippen LogP contribution in [0, 0.1) is 34.0 Å². The van der Waals surface area contributed by atoms with Crippen molar-refractivity contribution in [3.8, 4) is 6.07 Å². The molecule has 1 aromatic rings. The Labute approximate surface area is 230 Å². The molecule has 214 valence electrons. The van der Waals surface area contributed by atoms with Gasteiger partial charge in [-0.25, -0.2) is 13.1 Å². The van der Waals surface area contributed by atoms with E-state index in [1.165, 1.54) is 4.90 Å². The molecule has 0 bridgehead atoms. The molecule has 39 heavy (non-hydrogen) atoms. The van der Waals surface area contributed by atoms with Crippen LogP contribution in [-0.4, -0.2) is 79.5 Å². The summed E-state index contributed by atoms with van der Waals surface area (Å²) in [7, 11) is -1.69. The third-order valence-corrected chi connectivity index (χ3v) is 9.24. The number of aromatic amines is 1. The molecule has 3 aliphatic rings. The van der Waals surface area contributed by atoms with Gasteiger partial charge in [-0.3, -0.25) is 14.4 Å². The van der Waals surface area contributed by atoms with E-state index in [4.69, 9.17) is 0 Å². The lowest BCUT2D eigenvalue weighted by Gasteiger charge is -2.37. The lowest BCUT2D eigenvalue weighted by molar-refractivity contribution is -0.143. The lowest BCUT2D eigenvalue weighted by atomic mass is 9.86. The zero-order valence-corrected chi connectivity index (χ0v) is 24.6. The highest BCUT2D eigenvalue weighted by Gasteiger charge is 2.69. The van der Waals surface area contributed by atoms with Crippen molar-refractivity contribution < 1.29 is 18.0 Å². The summed E-state index contributed by atoms with van der Waals surface area (Å²) in [5, 5.41) is 12.7. The van der Waals surface area contributed by atoms with Gasteiger partial charge in [0, 0.05) is 43.7 Å². The van der Waals surface area contributed by atoms with Crippen molar-refractivity contribution in [1.29, 1.82) is 5.26 Å². The number of hydrogen-bond donors (Lipinski definition) is 3. The standard InChI is InChI=1S/C27H40N6O5S/c1-26(2,3)22(31-39(7,37)38)25(36)33-14-18-20(27(18,4)5)21(33)24(35)29-17(12-28)11-15-10-16-13-32(6)9-8-19(16)30-23(15)34/h10,17-18,20-22,31H,8-9,11,13-14H2,1-7H3,(H,29,35)(H,30,34)/t17?,18-,20+,21-,22+/m0/s1. The minimum absolute atomic E-state index is 0.0347. The second kappa shape index (κ2) is 10.0. The van der Waals surface area contributed by atoms with Gasteiger partial charge in [-0.2, -0.15) is 5.26 Å². The first-order chi connectivity index (χ1) is 17.9. The molecule has 0 radical (unpaired) electrons. The number of carbonyl (C=O) groups is 2. The molecular formula is C27H40N6O5S. The highest BCUT2D eigenvalue weighted by Crippen LogP contribution is 2.65.